The Kier molecular flexibility index (Phi) is 10.2. The van der Waals surface area contributed by atoms with Crippen molar-refractivity contribution in [3.8, 4) is 0 Å². The van der Waals surface area contributed by atoms with Crippen LogP contribution in [0.25, 0.3) is 0 Å². The number of aromatic nitrogens is 1. The average molecular weight is 576 g/mol. The fourth-order valence-corrected chi connectivity index (χ4v) is 3.45. The van der Waals surface area contributed by atoms with E-state index in [2.05, 4.69) is 26.3 Å². The Bertz CT molecular complexity index is 1280. The van der Waals surface area contributed by atoms with E-state index in [0.717, 1.165) is 11.1 Å². The van der Waals surface area contributed by atoms with E-state index in [1.165, 1.54) is 18.3 Å². The highest BCUT2D eigenvalue weighted by atomic mass is 16.6. The van der Waals surface area contributed by atoms with Gasteiger partial charge in [-0.25, -0.2) is 9.59 Å². The third kappa shape index (κ3) is 10.9. The molecule has 42 heavy (non-hydrogen) atoms. The van der Waals surface area contributed by atoms with Gasteiger partial charge in [-0.05, 0) is 89.1 Å². The lowest BCUT2D eigenvalue weighted by atomic mass is 10.2. The zero-order chi connectivity index (χ0) is 30.9. The predicted molar refractivity (Wildman–Crippen MR) is 159 cm³/mol. The number of hydrogen-bond acceptors (Lipinski definition) is 7. The fraction of sp³-hybridized carbons (Fsp3) is 0.323. The Hall–Kier alpha value is -4.93. The number of ether oxygens (including phenoxy) is 2. The molecule has 1 aromatic heterocycles. The van der Waals surface area contributed by atoms with Crippen LogP contribution in [0.5, 0.6) is 0 Å². The predicted octanol–water partition coefficient (Wildman–Crippen LogP) is 5.64. The van der Waals surface area contributed by atoms with Crippen molar-refractivity contribution in [1.29, 1.82) is 0 Å². The van der Waals surface area contributed by atoms with E-state index in [-0.39, 0.29) is 30.3 Å². The summed E-state index contributed by atoms with van der Waals surface area (Å²) in [4.78, 5) is 53.0. The van der Waals surface area contributed by atoms with Crippen LogP contribution in [0.2, 0.25) is 0 Å². The summed E-state index contributed by atoms with van der Waals surface area (Å²) in [6.07, 6.45) is 0.312. The number of carbonyl (C=O) groups is 4. The van der Waals surface area contributed by atoms with Gasteiger partial charge in [0, 0.05) is 30.7 Å². The second-order valence-electron chi connectivity index (χ2n) is 11.4. The molecule has 3 aromatic rings. The molecule has 0 fully saturated rings. The molecule has 0 aliphatic carbocycles. The summed E-state index contributed by atoms with van der Waals surface area (Å²) in [6.45, 7) is 11.3. The quantitative estimate of drug-likeness (QED) is 0.272. The molecule has 0 saturated carbocycles. The summed E-state index contributed by atoms with van der Waals surface area (Å²) in [5, 5.41) is 10.9. The minimum atomic E-state index is -0.578. The molecule has 2 aromatic carbocycles. The molecule has 0 radical (unpaired) electrons. The molecule has 1 heterocycles. The van der Waals surface area contributed by atoms with Crippen molar-refractivity contribution < 1.29 is 28.7 Å². The molecule has 11 heteroatoms. The van der Waals surface area contributed by atoms with Crippen molar-refractivity contribution >= 4 is 35.4 Å². The molecule has 0 unspecified atom stereocenters. The van der Waals surface area contributed by atoms with E-state index in [0.29, 0.717) is 11.4 Å². The highest BCUT2D eigenvalue weighted by Gasteiger charge is 2.17. The summed E-state index contributed by atoms with van der Waals surface area (Å²) in [6, 6.07) is 17.0. The summed E-state index contributed by atoms with van der Waals surface area (Å²) in [7, 11) is 0. The van der Waals surface area contributed by atoms with Gasteiger partial charge in [-0.3, -0.25) is 14.6 Å². The highest BCUT2D eigenvalue weighted by molar-refractivity contribution is 6.06. The van der Waals surface area contributed by atoms with Crippen molar-refractivity contribution in [2.24, 2.45) is 0 Å². The lowest BCUT2D eigenvalue weighted by molar-refractivity contribution is 0.0512. The monoisotopic (exact) mass is 575 g/mol. The minimum Gasteiger partial charge on any atom is -0.444 e. The number of carbonyl (C=O) groups excluding carboxylic acids is 4. The Morgan fingerprint density at radius 3 is 1.43 bits per heavy atom. The average Bonchev–Trinajstić information content (AvgIpc) is 2.90. The third-order valence-corrected chi connectivity index (χ3v) is 5.35. The van der Waals surface area contributed by atoms with Gasteiger partial charge in [-0.1, -0.05) is 24.3 Å². The van der Waals surface area contributed by atoms with Crippen LogP contribution in [0.4, 0.5) is 21.0 Å². The van der Waals surface area contributed by atoms with Crippen molar-refractivity contribution in [3.05, 3.63) is 89.2 Å². The number of nitrogens with one attached hydrogen (secondary N) is 4. The molecule has 0 atom stereocenters. The normalized spacial score (nSPS) is 11.2. The van der Waals surface area contributed by atoms with Gasteiger partial charge in [-0.2, -0.15) is 0 Å². The number of nitrogens with zero attached hydrogens (tertiary/aromatic N) is 1. The topological polar surface area (TPSA) is 148 Å². The van der Waals surface area contributed by atoms with E-state index in [1.54, 1.807) is 90.1 Å². The highest BCUT2D eigenvalue weighted by Crippen LogP contribution is 2.14. The number of hydrogen-bond donors (Lipinski definition) is 4. The van der Waals surface area contributed by atoms with Crippen molar-refractivity contribution in [2.75, 3.05) is 10.6 Å². The first-order chi connectivity index (χ1) is 19.7. The molecular formula is C31H37N5O6. The molecule has 3 rings (SSSR count). The maximum absolute atomic E-state index is 12.7. The molecule has 0 saturated heterocycles. The van der Waals surface area contributed by atoms with Gasteiger partial charge in [0.05, 0.1) is 5.56 Å². The number of anilines is 2. The Balaban J connectivity index is 1.47. The van der Waals surface area contributed by atoms with Crippen LogP contribution in [-0.4, -0.2) is 40.2 Å². The van der Waals surface area contributed by atoms with E-state index in [1.807, 2.05) is 0 Å². The Labute approximate surface area is 245 Å². The van der Waals surface area contributed by atoms with E-state index in [4.69, 9.17) is 9.47 Å². The molecule has 0 spiro atoms. The standard InChI is InChI=1S/C31H37N5O6/c1-30(2,3)41-28(39)33-17-20-7-12-23(13-8-20)35-26(37)22-11-16-25(32-19-22)27(38)36-24-14-9-21(10-15-24)18-34-29(40)42-31(4,5)6/h7-16,19H,17-18H2,1-6H3,(H,33,39)(H,34,40)(H,35,37)(H,36,38). The maximum atomic E-state index is 12.7. The molecule has 0 aliphatic rings. The van der Waals surface area contributed by atoms with Crippen LogP contribution in [0.1, 0.15) is 73.5 Å². The van der Waals surface area contributed by atoms with Crippen LogP contribution in [-0.2, 0) is 22.6 Å². The van der Waals surface area contributed by atoms with E-state index >= 15 is 0 Å². The Morgan fingerprint density at radius 1 is 0.619 bits per heavy atom. The van der Waals surface area contributed by atoms with Crippen molar-refractivity contribution in [2.45, 2.75) is 65.8 Å². The molecule has 4 amide bonds. The molecule has 0 bridgehead atoms. The van der Waals surface area contributed by atoms with Gasteiger partial charge in [0.15, 0.2) is 0 Å². The lowest BCUT2D eigenvalue weighted by Gasteiger charge is -2.19. The number of benzene rings is 2. The summed E-state index contributed by atoms with van der Waals surface area (Å²) < 4.78 is 10.4. The SMILES string of the molecule is CC(C)(C)OC(=O)NCc1ccc(NC(=O)c2ccc(C(=O)Nc3ccc(CNC(=O)OC(C)(C)C)cc3)nc2)cc1. The van der Waals surface area contributed by atoms with E-state index < -0.39 is 29.3 Å². The number of alkyl carbamates (subject to hydrolysis) is 2. The molecule has 4 N–H and O–H groups in total. The lowest BCUT2D eigenvalue weighted by Crippen LogP contribution is -2.32. The first-order valence-corrected chi connectivity index (χ1v) is 13.4. The van der Waals surface area contributed by atoms with Crippen molar-refractivity contribution in [3.63, 3.8) is 0 Å². The fourth-order valence-electron chi connectivity index (χ4n) is 3.45. The molecular weight excluding hydrogens is 538 g/mol. The zero-order valence-electron chi connectivity index (χ0n) is 24.7. The van der Waals surface area contributed by atoms with E-state index in [9.17, 15) is 19.2 Å². The summed E-state index contributed by atoms with van der Waals surface area (Å²) in [5.41, 5.74) is 2.05. The molecule has 222 valence electrons. The number of pyridine rings is 1. The van der Waals surface area contributed by atoms with Crippen molar-refractivity contribution in [1.82, 2.24) is 15.6 Å². The minimum absolute atomic E-state index is 0.143. The largest absolute Gasteiger partial charge is 0.444 e. The zero-order valence-corrected chi connectivity index (χ0v) is 24.7. The van der Waals surface area contributed by atoms with Gasteiger partial charge < -0.3 is 30.7 Å². The van der Waals surface area contributed by atoms with Gasteiger partial charge in [0.25, 0.3) is 11.8 Å². The second-order valence-corrected chi connectivity index (χ2v) is 11.4. The summed E-state index contributed by atoms with van der Waals surface area (Å²) in [5.74, 6) is -0.818. The van der Waals surface area contributed by atoms with Gasteiger partial charge in [0.1, 0.15) is 16.9 Å². The summed E-state index contributed by atoms with van der Waals surface area (Å²) >= 11 is 0. The smallest absolute Gasteiger partial charge is 0.407 e. The van der Waals surface area contributed by atoms with Crippen LogP contribution in [0.15, 0.2) is 66.9 Å². The Morgan fingerprint density at radius 2 is 1.05 bits per heavy atom. The molecule has 0 aliphatic heterocycles. The number of rotatable bonds is 8. The van der Waals surface area contributed by atoms with Crippen LogP contribution < -0.4 is 21.3 Å². The van der Waals surface area contributed by atoms with Gasteiger partial charge in [0.2, 0.25) is 0 Å². The number of amides is 4. The second kappa shape index (κ2) is 13.6. The first-order valence-electron chi connectivity index (χ1n) is 13.4. The maximum Gasteiger partial charge on any atom is 0.407 e. The van der Waals surface area contributed by atoms with Crippen LogP contribution in [0.3, 0.4) is 0 Å². The molecule has 11 nitrogen and oxygen atoms in total. The van der Waals surface area contributed by atoms with Gasteiger partial charge in [-0.15, -0.1) is 0 Å². The van der Waals surface area contributed by atoms with Crippen LogP contribution in [0, 0.1) is 0 Å². The van der Waals surface area contributed by atoms with Crippen LogP contribution >= 0.6 is 0 Å². The van der Waals surface area contributed by atoms with Gasteiger partial charge >= 0.3 is 12.2 Å². The third-order valence-electron chi connectivity index (χ3n) is 5.35. The first kappa shape index (κ1) is 31.6.